The summed E-state index contributed by atoms with van der Waals surface area (Å²) in [7, 11) is 1.33. The molecule has 0 unspecified atom stereocenters. The summed E-state index contributed by atoms with van der Waals surface area (Å²) in [6.45, 7) is 5.50. The third-order valence-corrected chi connectivity index (χ3v) is 5.15. The molecule has 0 amide bonds. The highest BCUT2D eigenvalue weighted by Crippen LogP contribution is 2.23. The van der Waals surface area contributed by atoms with E-state index in [0.29, 0.717) is 42.2 Å². The molecule has 25 heavy (non-hydrogen) atoms. The number of carbonyl (C=O) groups excluding carboxylic acids is 1. The lowest BCUT2D eigenvalue weighted by Crippen LogP contribution is -2.09. The van der Waals surface area contributed by atoms with Gasteiger partial charge in [0.2, 0.25) is 0 Å². The van der Waals surface area contributed by atoms with Crippen molar-refractivity contribution in [1.29, 1.82) is 0 Å². The van der Waals surface area contributed by atoms with Gasteiger partial charge in [0, 0.05) is 34.2 Å². The number of oxazole rings is 1. The number of ether oxygens (including phenoxy) is 1. The summed E-state index contributed by atoms with van der Waals surface area (Å²) in [5.74, 6) is 0.209. The van der Waals surface area contributed by atoms with E-state index in [9.17, 15) is 9.59 Å². The fourth-order valence-corrected chi connectivity index (χ4v) is 3.08. The van der Waals surface area contributed by atoms with Crippen LogP contribution in [0.5, 0.6) is 0 Å². The van der Waals surface area contributed by atoms with Crippen LogP contribution in [0.2, 0.25) is 19.1 Å². The lowest BCUT2D eigenvalue weighted by molar-refractivity contribution is 0.0885. The van der Waals surface area contributed by atoms with E-state index < -0.39 is 5.76 Å². The Morgan fingerprint density at radius 2 is 2.16 bits per heavy atom. The first-order valence-electron chi connectivity index (χ1n) is 7.98. The summed E-state index contributed by atoms with van der Waals surface area (Å²) in [6, 6.07) is 6.44. The van der Waals surface area contributed by atoms with E-state index in [4.69, 9.17) is 9.15 Å². The van der Waals surface area contributed by atoms with Gasteiger partial charge in [0.25, 0.3) is 0 Å². The quantitative estimate of drug-likeness (QED) is 0.368. The molecule has 0 saturated heterocycles. The molecule has 1 radical (unpaired) electrons. The molecule has 8 heteroatoms. The summed E-state index contributed by atoms with van der Waals surface area (Å²) >= 11 is 0. The third-order valence-electron chi connectivity index (χ3n) is 3.94. The number of aryl methyl sites for hydroxylation is 1. The second kappa shape index (κ2) is 7.20. The van der Waals surface area contributed by atoms with Crippen LogP contribution in [0, 0.1) is 0 Å². The van der Waals surface area contributed by atoms with Crippen molar-refractivity contribution in [2.45, 2.75) is 25.9 Å². The van der Waals surface area contributed by atoms with Gasteiger partial charge in [-0.15, -0.1) is 0 Å². The van der Waals surface area contributed by atoms with Crippen molar-refractivity contribution >= 4 is 26.2 Å². The van der Waals surface area contributed by atoms with Crippen LogP contribution in [0.3, 0.4) is 0 Å². The molecule has 3 aromatic rings. The monoisotopic (exact) mass is 358 g/mol. The second-order valence-corrected chi connectivity index (χ2v) is 9.10. The molecule has 1 aromatic carbocycles. The van der Waals surface area contributed by atoms with Gasteiger partial charge in [0.1, 0.15) is 18.2 Å². The highest BCUT2D eigenvalue weighted by Gasteiger charge is 2.13. The minimum absolute atomic E-state index is 0.325. The zero-order chi connectivity index (χ0) is 18.0. The van der Waals surface area contributed by atoms with Gasteiger partial charge in [-0.25, -0.2) is 9.78 Å². The average Bonchev–Trinajstić information content (AvgIpc) is 3.13. The molecule has 0 bridgehead atoms. The normalized spacial score (nSPS) is 11.5. The number of carbonyl (C=O) groups is 1. The van der Waals surface area contributed by atoms with E-state index in [1.54, 1.807) is 23.9 Å². The van der Waals surface area contributed by atoms with Crippen molar-refractivity contribution in [1.82, 2.24) is 14.1 Å². The van der Waals surface area contributed by atoms with Crippen LogP contribution in [-0.4, -0.2) is 35.8 Å². The Balaban J connectivity index is 1.92. The van der Waals surface area contributed by atoms with Crippen LogP contribution in [0.15, 0.2) is 33.6 Å². The number of hydrogen-bond donors (Lipinski definition) is 0. The van der Waals surface area contributed by atoms with Crippen molar-refractivity contribution < 1.29 is 13.9 Å². The second-order valence-electron chi connectivity index (χ2n) is 6.18. The van der Waals surface area contributed by atoms with Crippen LogP contribution in [0.4, 0.5) is 0 Å². The van der Waals surface area contributed by atoms with Crippen molar-refractivity contribution in [3.05, 3.63) is 40.6 Å². The number of hydrogen-bond acceptors (Lipinski definition) is 5. The zero-order valence-electron chi connectivity index (χ0n) is 14.5. The molecular weight excluding hydrogens is 338 g/mol. The Labute approximate surface area is 146 Å². The van der Waals surface area contributed by atoms with E-state index in [2.05, 4.69) is 18.1 Å². The summed E-state index contributed by atoms with van der Waals surface area (Å²) in [6.07, 6.45) is 2.38. The Morgan fingerprint density at radius 3 is 2.88 bits per heavy atom. The maximum absolute atomic E-state index is 11.6. The van der Waals surface area contributed by atoms with Gasteiger partial charge in [0.05, 0.1) is 5.52 Å². The van der Waals surface area contributed by atoms with Gasteiger partial charge in [-0.1, -0.05) is 13.1 Å². The molecule has 0 saturated carbocycles. The maximum Gasteiger partial charge on any atom is 0.419 e. The topological polar surface area (TPSA) is 79.3 Å². The van der Waals surface area contributed by atoms with E-state index in [1.807, 2.05) is 12.1 Å². The lowest BCUT2D eigenvalue weighted by Gasteiger charge is -2.09. The van der Waals surface area contributed by atoms with Gasteiger partial charge in [-0.3, -0.25) is 9.36 Å². The summed E-state index contributed by atoms with van der Waals surface area (Å²) in [4.78, 5) is 27.1. The Bertz CT molecular complexity index is 955. The SMILES string of the molecule is Cn1c(=O)oc2ccc(-c3nc(C=O)cn3COCC[Si](C)C)cc21. The van der Waals surface area contributed by atoms with Crippen molar-refractivity contribution in [3.63, 3.8) is 0 Å². The highest BCUT2D eigenvalue weighted by atomic mass is 28.3. The molecule has 0 aliphatic carbocycles. The first kappa shape index (κ1) is 17.4. The first-order valence-corrected chi connectivity index (χ1v) is 10.7. The molecule has 3 rings (SSSR count). The van der Waals surface area contributed by atoms with E-state index in [-0.39, 0.29) is 8.80 Å². The van der Waals surface area contributed by atoms with Gasteiger partial charge in [-0.2, -0.15) is 0 Å². The van der Waals surface area contributed by atoms with Crippen LogP contribution in [-0.2, 0) is 18.5 Å². The Morgan fingerprint density at radius 1 is 1.36 bits per heavy atom. The fraction of sp³-hybridized carbons (Fsp3) is 0.353. The summed E-state index contributed by atoms with van der Waals surface area (Å²) in [5, 5.41) is 0. The van der Waals surface area contributed by atoms with Crippen molar-refractivity contribution in [3.8, 4) is 11.4 Å². The smallest absolute Gasteiger partial charge is 0.408 e. The van der Waals surface area contributed by atoms with Crippen molar-refractivity contribution in [2.75, 3.05) is 6.61 Å². The van der Waals surface area contributed by atoms with Crippen LogP contribution in [0.25, 0.3) is 22.5 Å². The number of benzene rings is 1. The standard InChI is InChI=1S/C17H20N3O4Si/c1-19-14-8-12(4-5-15(14)24-17(19)22)16-18-13(10-21)9-20(16)11-23-6-7-25(2)3/h4-5,8-10H,6-7,11H2,1-3H3. The number of aldehydes is 1. The van der Waals surface area contributed by atoms with Gasteiger partial charge in [0.15, 0.2) is 11.9 Å². The molecule has 0 spiro atoms. The number of fused-ring (bicyclic) bond motifs is 1. The van der Waals surface area contributed by atoms with Gasteiger partial charge >= 0.3 is 5.76 Å². The summed E-state index contributed by atoms with van der Waals surface area (Å²) in [5.41, 5.74) is 2.32. The zero-order valence-corrected chi connectivity index (χ0v) is 15.5. The molecule has 131 valence electrons. The maximum atomic E-state index is 11.6. The van der Waals surface area contributed by atoms with Crippen LogP contribution in [0.1, 0.15) is 10.5 Å². The van der Waals surface area contributed by atoms with E-state index in [0.717, 1.165) is 11.6 Å². The number of rotatable bonds is 7. The predicted octanol–water partition coefficient (Wildman–Crippen LogP) is 2.54. The lowest BCUT2D eigenvalue weighted by atomic mass is 10.2. The van der Waals surface area contributed by atoms with Gasteiger partial charge in [-0.05, 0) is 24.2 Å². The average molecular weight is 358 g/mol. The molecule has 0 atom stereocenters. The minimum atomic E-state index is -0.413. The van der Waals surface area contributed by atoms with Crippen molar-refractivity contribution in [2.24, 2.45) is 7.05 Å². The Hall–Kier alpha value is -2.45. The molecule has 2 aromatic heterocycles. The molecule has 0 aliphatic heterocycles. The van der Waals surface area contributed by atoms with E-state index in [1.165, 1.54) is 4.57 Å². The van der Waals surface area contributed by atoms with Gasteiger partial charge < -0.3 is 13.7 Å². The van der Waals surface area contributed by atoms with Crippen LogP contribution >= 0.6 is 0 Å². The first-order chi connectivity index (χ1) is 12.0. The number of aromatic nitrogens is 3. The highest BCUT2D eigenvalue weighted by molar-refractivity contribution is 6.55. The summed E-state index contributed by atoms with van der Waals surface area (Å²) < 4.78 is 14.1. The third kappa shape index (κ3) is 3.64. The molecule has 0 aliphatic rings. The van der Waals surface area contributed by atoms with E-state index >= 15 is 0 Å². The Kier molecular flexibility index (Phi) is 5.00. The number of nitrogens with zero attached hydrogens (tertiary/aromatic N) is 3. The molecule has 0 fully saturated rings. The molecular formula is C17H20N3O4Si. The largest absolute Gasteiger partial charge is 0.419 e. The molecule has 7 nitrogen and oxygen atoms in total. The van der Waals surface area contributed by atoms with Crippen LogP contribution < -0.4 is 5.76 Å². The number of imidazole rings is 1. The predicted molar refractivity (Wildman–Crippen MR) is 96.3 cm³/mol. The fourth-order valence-electron chi connectivity index (χ4n) is 2.53. The molecule has 0 N–H and O–H groups in total. The minimum Gasteiger partial charge on any atom is -0.408 e. The molecule has 2 heterocycles.